The van der Waals surface area contributed by atoms with E-state index in [1.165, 1.54) is 38.2 Å². The second kappa shape index (κ2) is 71.0. The lowest BCUT2D eigenvalue weighted by Crippen LogP contribution is -2.54. The Balaban J connectivity index is 8.34. The third-order valence-corrected chi connectivity index (χ3v) is 22.1. The van der Waals surface area contributed by atoms with Gasteiger partial charge in [-0.15, -0.1) is 0 Å². The molecular weight excluding hydrogens is 1530 g/mol. The topological polar surface area (TPSA) is 352 Å². The van der Waals surface area contributed by atoms with E-state index in [2.05, 4.69) is 54.3 Å². The molecule has 10 amide bonds. The van der Waals surface area contributed by atoms with Gasteiger partial charge in [-0.1, -0.05) is 192 Å². The number of nitrogens with zero attached hydrogens (tertiary/aromatic N) is 5. The van der Waals surface area contributed by atoms with Crippen molar-refractivity contribution in [3.63, 3.8) is 0 Å². The summed E-state index contributed by atoms with van der Waals surface area (Å²) in [6, 6.07) is -4.59. The molecule has 0 heterocycles. The number of carbonyl (C=O) groups excluding carboxylic acids is 14. The van der Waals surface area contributed by atoms with Crippen molar-refractivity contribution in [2.45, 2.75) is 389 Å². The molecule has 0 radical (unpaired) electrons. The van der Waals surface area contributed by atoms with Crippen LogP contribution in [0.25, 0.3) is 0 Å². The van der Waals surface area contributed by atoms with Crippen molar-refractivity contribution in [1.82, 2.24) is 51.1 Å². The lowest BCUT2D eigenvalue weighted by Gasteiger charge is -2.35. The lowest BCUT2D eigenvalue weighted by atomic mass is 9.98. The Morgan fingerprint density at radius 3 is 0.717 bits per heavy atom. The highest BCUT2D eigenvalue weighted by Gasteiger charge is 2.38. The van der Waals surface area contributed by atoms with Gasteiger partial charge in [0.1, 0.15) is 30.2 Å². The largest absolute Gasteiger partial charge is 0.469 e. The highest BCUT2D eigenvalue weighted by atomic mass is 16.5. The molecule has 0 spiro atoms. The smallest absolute Gasteiger partial charge is 0.305 e. The van der Waals surface area contributed by atoms with Crippen LogP contribution in [0.15, 0.2) is 0 Å². The van der Waals surface area contributed by atoms with Gasteiger partial charge in [0.2, 0.25) is 59.1 Å². The molecule has 0 fully saturated rings. The second-order valence-corrected chi connectivity index (χ2v) is 33.8. The van der Waals surface area contributed by atoms with E-state index >= 15 is 14.4 Å². The van der Waals surface area contributed by atoms with E-state index in [1.54, 1.807) is 14.7 Å². The van der Waals surface area contributed by atoms with Crippen LogP contribution in [0.3, 0.4) is 0 Å². The third-order valence-electron chi connectivity index (χ3n) is 22.1. The first-order valence-electron chi connectivity index (χ1n) is 46.6. The number of hydrogen-bond acceptors (Lipinski definition) is 18. The van der Waals surface area contributed by atoms with Crippen LogP contribution in [0, 0.1) is 23.7 Å². The molecule has 0 aromatic heterocycles. The molecule has 120 heavy (non-hydrogen) atoms. The normalized spacial score (nSPS) is 12.5. The molecule has 0 aliphatic rings. The van der Waals surface area contributed by atoms with Gasteiger partial charge in [0.05, 0.1) is 28.4 Å². The van der Waals surface area contributed by atoms with E-state index < -0.39 is 47.9 Å². The molecule has 694 valence electrons. The van der Waals surface area contributed by atoms with Crippen molar-refractivity contribution < 1.29 is 86.1 Å². The third kappa shape index (κ3) is 50.2. The summed E-state index contributed by atoms with van der Waals surface area (Å²) in [7, 11) is 5.33. The molecule has 0 rings (SSSR count). The van der Waals surface area contributed by atoms with Crippen molar-refractivity contribution >= 4 is 82.9 Å². The average Bonchev–Trinajstić information content (AvgIpc) is 0.862. The van der Waals surface area contributed by atoms with Crippen LogP contribution >= 0.6 is 0 Å². The number of ether oxygens (including phenoxy) is 4. The Labute approximate surface area is 723 Å². The van der Waals surface area contributed by atoms with Gasteiger partial charge < -0.3 is 70.0 Å². The summed E-state index contributed by atoms with van der Waals surface area (Å²) in [5.41, 5.74) is 0. The summed E-state index contributed by atoms with van der Waals surface area (Å²) in [5, 5.41) is 15.3. The first kappa shape index (κ1) is 113. The van der Waals surface area contributed by atoms with Crippen LogP contribution in [0.5, 0.6) is 0 Å². The molecule has 28 heteroatoms. The predicted molar refractivity (Wildman–Crippen MR) is 471 cm³/mol. The monoisotopic (exact) mass is 1700 g/mol. The molecule has 0 saturated heterocycles. The zero-order chi connectivity index (χ0) is 90.0. The van der Waals surface area contributed by atoms with Gasteiger partial charge in [-0.25, -0.2) is 0 Å². The Bertz CT molecular complexity index is 2900. The minimum absolute atomic E-state index is 0.00957. The molecule has 0 aromatic carbocycles. The molecule has 0 aliphatic heterocycles. The molecule has 28 nitrogen and oxygen atoms in total. The zero-order valence-electron chi connectivity index (χ0n) is 77.8. The van der Waals surface area contributed by atoms with Crippen LogP contribution < -0.4 is 26.6 Å². The molecule has 5 atom stereocenters. The van der Waals surface area contributed by atoms with E-state index in [1.807, 2.05) is 55.4 Å². The van der Waals surface area contributed by atoms with E-state index in [0.717, 1.165) is 89.9 Å². The highest BCUT2D eigenvalue weighted by Crippen LogP contribution is 2.25. The molecule has 0 aromatic rings. The number of rotatable bonds is 75. The number of hydrogen-bond donors (Lipinski definition) is 5. The molecule has 5 N–H and O–H groups in total. The standard InChI is InChI=1S/C92H168N10O18/c1-17-21-25-39-60-93-89(113)84(70(5)6)99(68-46-32-37-57-82(110)119-15)76(104)51-34-31-45-65-98(75(103)53-49-54-78(106)101(67-44-28-24-20-4)86(72(9)10)90(114)94-61-40-26-22-18-2)74(50-48-52-77(105)100(66-43-27-23-19-3)85(71(7)8)91(115)95-62-41-29-35-55-80(108)117-13)88(112)97-64-59-79(107)102(69-47-33-38-58-83(111)120-16)87(73(11)12)92(116)96-63-42-30-36-56-81(109)118-14/h70-74,84-87H,17-69H2,1-16H3,(H,93,113)(H,94,114)(H,95,115)(H,96,116)(H,97,112). The number of methoxy groups -OCH3 is 4. The van der Waals surface area contributed by atoms with Crippen LogP contribution in [-0.4, -0.2) is 232 Å². The maximum absolute atomic E-state index is 15.6. The number of nitrogens with one attached hydrogen (secondary N) is 5. The summed E-state index contributed by atoms with van der Waals surface area (Å²) >= 11 is 0. The predicted octanol–water partition coefficient (Wildman–Crippen LogP) is 13.7. The minimum atomic E-state index is -1.27. The van der Waals surface area contributed by atoms with Gasteiger partial charge in [0.25, 0.3) is 0 Å². The van der Waals surface area contributed by atoms with Gasteiger partial charge in [-0.3, -0.25) is 67.1 Å². The van der Waals surface area contributed by atoms with Crippen molar-refractivity contribution in [3.8, 4) is 0 Å². The number of carbonyl (C=O) groups is 14. The summed E-state index contributed by atoms with van der Waals surface area (Å²) in [6.45, 7) is 25.9. The van der Waals surface area contributed by atoms with E-state index in [-0.39, 0.29) is 212 Å². The maximum atomic E-state index is 15.6. The summed E-state index contributed by atoms with van der Waals surface area (Å²) in [5.74, 6) is -6.03. The fraction of sp³-hybridized carbons (Fsp3) is 0.848. The van der Waals surface area contributed by atoms with Gasteiger partial charge in [-0.05, 0) is 133 Å². The van der Waals surface area contributed by atoms with Crippen LogP contribution in [0.2, 0.25) is 0 Å². The lowest BCUT2D eigenvalue weighted by molar-refractivity contribution is -0.144. The molecular formula is C92H168N10O18. The fourth-order valence-corrected chi connectivity index (χ4v) is 15.3. The summed E-state index contributed by atoms with van der Waals surface area (Å²) in [6.07, 6.45) is 22.5. The first-order chi connectivity index (χ1) is 57.5. The van der Waals surface area contributed by atoms with Gasteiger partial charge in [0.15, 0.2) is 0 Å². The Morgan fingerprint density at radius 1 is 0.225 bits per heavy atom. The molecule has 0 saturated carbocycles. The quantitative estimate of drug-likeness (QED) is 0.0214. The van der Waals surface area contributed by atoms with Crippen molar-refractivity contribution in [3.05, 3.63) is 0 Å². The Hall–Kier alpha value is -7.42. The number of amides is 10. The van der Waals surface area contributed by atoms with Gasteiger partial charge in [0, 0.05) is 123 Å². The maximum Gasteiger partial charge on any atom is 0.305 e. The Morgan fingerprint density at radius 2 is 0.442 bits per heavy atom. The van der Waals surface area contributed by atoms with Crippen LogP contribution in [-0.2, 0) is 86.1 Å². The first-order valence-corrected chi connectivity index (χ1v) is 46.6. The number of esters is 4. The molecule has 0 aliphatic carbocycles. The average molecular weight is 1700 g/mol. The minimum Gasteiger partial charge on any atom is -0.469 e. The van der Waals surface area contributed by atoms with E-state index in [0.29, 0.717) is 129 Å². The summed E-state index contributed by atoms with van der Waals surface area (Å²) < 4.78 is 19.3. The summed E-state index contributed by atoms with van der Waals surface area (Å²) in [4.78, 5) is 204. The van der Waals surface area contributed by atoms with Gasteiger partial charge in [-0.2, -0.15) is 0 Å². The van der Waals surface area contributed by atoms with Gasteiger partial charge >= 0.3 is 23.9 Å². The fourth-order valence-electron chi connectivity index (χ4n) is 15.3. The van der Waals surface area contributed by atoms with E-state index in [4.69, 9.17) is 18.9 Å². The van der Waals surface area contributed by atoms with Crippen molar-refractivity contribution in [2.24, 2.45) is 23.7 Å². The van der Waals surface area contributed by atoms with Crippen molar-refractivity contribution in [2.75, 3.05) is 93.9 Å². The number of unbranched alkanes of at least 4 members (excludes halogenated alkanes) is 22. The highest BCUT2D eigenvalue weighted by molar-refractivity contribution is 5.92. The van der Waals surface area contributed by atoms with E-state index in [9.17, 15) is 52.7 Å². The van der Waals surface area contributed by atoms with Crippen molar-refractivity contribution in [1.29, 1.82) is 0 Å². The molecule has 5 unspecified atom stereocenters. The Kier molecular flexibility index (Phi) is 66.7. The van der Waals surface area contributed by atoms with Crippen LogP contribution in [0.4, 0.5) is 0 Å². The SMILES string of the molecule is CCCCCCNC(=O)C(C(C)C)N(CCCCCC(=O)OC)C(=O)CCCCCN(C(=O)CCCC(=O)N(CCCCCC)C(C(=O)NCCCCCC)C(C)C)C(CCCC(=O)N(CCCCCC)C(C(=O)NCCCCCC(=O)OC)C(C)C)C(=O)NCCC(=O)N(CCCCCC(=O)OC)C(C(=O)NCCCCCC(=O)OC)C(C)C. The second-order valence-electron chi connectivity index (χ2n) is 33.8. The zero-order valence-corrected chi connectivity index (χ0v) is 77.8. The van der Waals surface area contributed by atoms with Crippen LogP contribution in [0.1, 0.15) is 359 Å². The molecule has 0 bridgehead atoms.